The number of carbonyl (C=O) groups is 3. The number of hydrogen-bond donors (Lipinski definition) is 3. The van der Waals surface area contributed by atoms with E-state index in [0.717, 1.165) is 28.5 Å². The molecule has 0 aliphatic carbocycles. The Balaban J connectivity index is 1.23. The fraction of sp³-hybridized carbons (Fsp3) is 0.304. The number of urea groups is 1. The van der Waals surface area contributed by atoms with Crippen molar-refractivity contribution in [2.75, 3.05) is 13.1 Å². The second-order valence-electron chi connectivity index (χ2n) is 7.60. The van der Waals surface area contributed by atoms with Crippen molar-refractivity contribution >= 4 is 28.7 Å². The van der Waals surface area contributed by atoms with E-state index >= 15 is 0 Å². The molecule has 3 N–H and O–H groups in total. The Morgan fingerprint density at radius 3 is 2.74 bits per heavy atom. The van der Waals surface area contributed by atoms with Crippen LogP contribution < -0.4 is 10.6 Å². The van der Waals surface area contributed by atoms with E-state index in [1.165, 1.54) is 4.90 Å². The van der Waals surface area contributed by atoms with E-state index in [4.69, 9.17) is 0 Å². The molecule has 4 amide bonds. The number of pyridine rings is 1. The van der Waals surface area contributed by atoms with Crippen molar-refractivity contribution in [1.29, 1.82) is 0 Å². The van der Waals surface area contributed by atoms with Crippen molar-refractivity contribution in [3.63, 3.8) is 0 Å². The van der Waals surface area contributed by atoms with Crippen LogP contribution in [0.15, 0.2) is 55.0 Å². The van der Waals surface area contributed by atoms with E-state index in [1.54, 1.807) is 12.4 Å². The number of fused-ring (bicyclic) bond motifs is 1. The standard InChI is InChI=1S/C23H25N5O3/c29-21(25-13-9-16-7-11-24-12-8-16)6-5-20-22(30)28(23(31)27-20)14-10-17-15-26-19-4-2-1-3-18(17)19/h1-4,7-8,11-12,15,20,26H,5-6,9-10,13-14H2,(H,25,29)(H,27,31). The summed E-state index contributed by atoms with van der Waals surface area (Å²) in [6.45, 7) is 0.825. The molecule has 3 aromatic rings. The Morgan fingerprint density at radius 2 is 1.90 bits per heavy atom. The van der Waals surface area contributed by atoms with Crippen molar-refractivity contribution in [1.82, 2.24) is 25.5 Å². The molecule has 160 valence electrons. The predicted molar refractivity (Wildman–Crippen MR) is 116 cm³/mol. The number of nitrogens with one attached hydrogen (secondary N) is 3. The molecule has 4 rings (SSSR count). The molecule has 2 aromatic heterocycles. The van der Waals surface area contributed by atoms with Crippen molar-refractivity contribution in [2.24, 2.45) is 0 Å². The smallest absolute Gasteiger partial charge is 0.324 e. The third kappa shape index (κ3) is 4.91. The van der Waals surface area contributed by atoms with Gasteiger partial charge in [0.2, 0.25) is 5.91 Å². The molecular formula is C23H25N5O3. The molecule has 8 nitrogen and oxygen atoms in total. The van der Waals surface area contributed by atoms with E-state index in [1.807, 2.05) is 42.6 Å². The largest absolute Gasteiger partial charge is 0.361 e. The second kappa shape index (κ2) is 9.42. The van der Waals surface area contributed by atoms with E-state index in [9.17, 15) is 14.4 Å². The number of H-pyrrole nitrogens is 1. The van der Waals surface area contributed by atoms with Gasteiger partial charge in [-0.1, -0.05) is 18.2 Å². The summed E-state index contributed by atoms with van der Waals surface area (Å²) in [4.78, 5) is 45.4. The lowest BCUT2D eigenvalue weighted by Crippen LogP contribution is -2.34. The maximum Gasteiger partial charge on any atom is 0.324 e. The number of imide groups is 1. The topological polar surface area (TPSA) is 107 Å². The first kappa shape index (κ1) is 20.6. The van der Waals surface area contributed by atoms with Gasteiger partial charge in [0, 0.05) is 49.0 Å². The lowest BCUT2D eigenvalue weighted by atomic mass is 10.1. The Labute approximate surface area is 180 Å². The molecule has 8 heteroatoms. The van der Waals surface area contributed by atoms with Crippen LogP contribution in [0.2, 0.25) is 0 Å². The maximum atomic E-state index is 12.6. The SMILES string of the molecule is O=C(CCC1NC(=O)N(CCc2c[nH]c3ccccc23)C1=O)NCCc1ccncc1. The van der Waals surface area contributed by atoms with Crippen LogP contribution >= 0.6 is 0 Å². The second-order valence-corrected chi connectivity index (χ2v) is 7.60. The molecule has 1 aliphatic heterocycles. The number of benzene rings is 1. The minimum atomic E-state index is -0.651. The highest BCUT2D eigenvalue weighted by atomic mass is 16.2. The lowest BCUT2D eigenvalue weighted by Gasteiger charge is -2.12. The maximum absolute atomic E-state index is 12.6. The minimum Gasteiger partial charge on any atom is -0.361 e. The number of aromatic nitrogens is 2. The van der Waals surface area contributed by atoms with Gasteiger partial charge in [0.05, 0.1) is 0 Å². The van der Waals surface area contributed by atoms with Crippen LogP contribution in [0.25, 0.3) is 10.9 Å². The Morgan fingerprint density at radius 1 is 1.10 bits per heavy atom. The van der Waals surface area contributed by atoms with Crippen LogP contribution in [0.4, 0.5) is 4.79 Å². The Kier molecular flexibility index (Phi) is 6.26. The summed E-state index contributed by atoms with van der Waals surface area (Å²) in [6, 6.07) is 10.7. The zero-order chi connectivity index (χ0) is 21.6. The summed E-state index contributed by atoms with van der Waals surface area (Å²) in [6.07, 6.45) is 7.11. The molecule has 0 bridgehead atoms. The number of para-hydroxylation sites is 1. The number of nitrogens with zero attached hydrogens (tertiary/aromatic N) is 2. The molecule has 1 fully saturated rings. The van der Waals surface area contributed by atoms with Crippen LogP contribution in [0.5, 0.6) is 0 Å². The summed E-state index contributed by atoms with van der Waals surface area (Å²) in [7, 11) is 0. The average molecular weight is 419 g/mol. The summed E-state index contributed by atoms with van der Waals surface area (Å²) in [5.74, 6) is -0.400. The summed E-state index contributed by atoms with van der Waals surface area (Å²) in [5, 5.41) is 6.65. The summed E-state index contributed by atoms with van der Waals surface area (Å²) >= 11 is 0. The zero-order valence-electron chi connectivity index (χ0n) is 17.1. The number of carbonyl (C=O) groups excluding carboxylic acids is 3. The highest BCUT2D eigenvalue weighted by Gasteiger charge is 2.37. The van der Waals surface area contributed by atoms with Gasteiger partial charge in [-0.3, -0.25) is 19.5 Å². The van der Waals surface area contributed by atoms with E-state index in [2.05, 4.69) is 20.6 Å². The molecular weight excluding hydrogens is 394 g/mol. The minimum absolute atomic E-state index is 0.131. The highest BCUT2D eigenvalue weighted by molar-refractivity contribution is 6.04. The van der Waals surface area contributed by atoms with Gasteiger partial charge in [0.1, 0.15) is 6.04 Å². The van der Waals surface area contributed by atoms with Crippen molar-refractivity contribution in [3.8, 4) is 0 Å². The molecule has 1 aromatic carbocycles. The van der Waals surface area contributed by atoms with Crippen molar-refractivity contribution < 1.29 is 14.4 Å². The molecule has 0 saturated carbocycles. The first-order valence-electron chi connectivity index (χ1n) is 10.4. The lowest BCUT2D eigenvalue weighted by molar-refractivity contribution is -0.127. The van der Waals surface area contributed by atoms with Crippen LogP contribution in [0.1, 0.15) is 24.0 Å². The molecule has 1 aliphatic rings. The summed E-state index contributed by atoms with van der Waals surface area (Å²) < 4.78 is 0. The van der Waals surface area contributed by atoms with Crippen molar-refractivity contribution in [2.45, 2.75) is 31.7 Å². The zero-order valence-corrected chi connectivity index (χ0v) is 17.1. The number of amides is 4. The van der Waals surface area contributed by atoms with Gasteiger partial charge in [0.25, 0.3) is 5.91 Å². The monoisotopic (exact) mass is 419 g/mol. The molecule has 31 heavy (non-hydrogen) atoms. The first-order chi connectivity index (χ1) is 15.1. The molecule has 0 spiro atoms. The normalized spacial score (nSPS) is 16.0. The molecule has 1 atom stereocenters. The Hall–Kier alpha value is -3.68. The third-order valence-corrected chi connectivity index (χ3v) is 5.53. The van der Waals surface area contributed by atoms with Gasteiger partial charge >= 0.3 is 6.03 Å². The molecule has 1 unspecified atom stereocenters. The van der Waals surface area contributed by atoms with Gasteiger partial charge in [-0.2, -0.15) is 0 Å². The third-order valence-electron chi connectivity index (χ3n) is 5.53. The van der Waals surface area contributed by atoms with Gasteiger partial charge in [-0.25, -0.2) is 4.79 Å². The van der Waals surface area contributed by atoms with E-state index in [-0.39, 0.29) is 24.7 Å². The summed E-state index contributed by atoms with van der Waals surface area (Å²) in [5.41, 5.74) is 3.19. The molecule has 3 heterocycles. The fourth-order valence-electron chi connectivity index (χ4n) is 3.81. The van der Waals surface area contributed by atoms with Crippen LogP contribution in [0.3, 0.4) is 0 Å². The van der Waals surface area contributed by atoms with E-state index < -0.39 is 12.1 Å². The Bertz CT molecular complexity index is 1080. The number of hydrogen-bond acceptors (Lipinski definition) is 4. The van der Waals surface area contributed by atoms with Crippen LogP contribution in [0, 0.1) is 0 Å². The van der Waals surface area contributed by atoms with Crippen LogP contribution in [-0.4, -0.2) is 51.8 Å². The first-order valence-corrected chi connectivity index (χ1v) is 10.4. The van der Waals surface area contributed by atoms with Gasteiger partial charge in [-0.05, 0) is 48.6 Å². The number of rotatable bonds is 9. The van der Waals surface area contributed by atoms with Gasteiger partial charge in [0.15, 0.2) is 0 Å². The van der Waals surface area contributed by atoms with Gasteiger partial charge in [-0.15, -0.1) is 0 Å². The number of aromatic amines is 1. The van der Waals surface area contributed by atoms with Crippen LogP contribution in [-0.2, 0) is 22.4 Å². The quantitative estimate of drug-likeness (QED) is 0.462. The molecule has 0 radical (unpaired) electrons. The average Bonchev–Trinajstić information content (AvgIpc) is 3.32. The molecule has 1 saturated heterocycles. The van der Waals surface area contributed by atoms with Crippen molar-refractivity contribution in [3.05, 3.63) is 66.1 Å². The predicted octanol–water partition coefficient (Wildman–Crippen LogP) is 2.16. The van der Waals surface area contributed by atoms with Gasteiger partial charge < -0.3 is 15.6 Å². The highest BCUT2D eigenvalue weighted by Crippen LogP contribution is 2.19. The van der Waals surface area contributed by atoms with E-state index in [0.29, 0.717) is 19.5 Å². The fourth-order valence-corrected chi connectivity index (χ4v) is 3.81.